The first-order valence-electron chi connectivity index (χ1n) is 14.1. The van der Waals surface area contributed by atoms with Crippen molar-refractivity contribution in [3.8, 4) is 17.2 Å². The fourth-order valence-electron chi connectivity index (χ4n) is 4.88. The van der Waals surface area contributed by atoms with E-state index in [1.807, 2.05) is 13.8 Å². The summed E-state index contributed by atoms with van der Waals surface area (Å²) in [5.74, 6) is 0.318. The molecule has 1 aromatic heterocycles. The molecule has 0 spiro atoms. The second-order valence-electron chi connectivity index (χ2n) is 9.89. The Morgan fingerprint density at radius 1 is 1.06 bits per heavy atom. The third-order valence-corrected chi connectivity index (χ3v) is 9.24. The number of methoxy groups -OCH3 is 1. The third-order valence-electron chi connectivity index (χ3n) is 6.92. The lowest BCUT2D eigenvalue weighted by Crippen LogP contribution is -2.39. The van der Waals surface area contributed by atoms with Gasteiger partial charge in [0.1, 0.15) is 6.61 Å². The average molecular weight is 763 g/mol. The summed E-state index contributed by atoms with van der Waals surface area (Å²) in [6.45, 7) is 4.47. The summed E-state index contributed by atoms with van der Waals surface area (Å²) in [5, 5.41) is 12.8. The van der Waals surface area contributed by atoms with E-state index in [-0.39, 0.29) is 28.1 Å². The summed E-state index contributed by atoms with van der Waals surface area (Å²) < 4.78 is 24.2. The molecule has 0 N–H and O–H groups in total. The van der Waals surface area contributed by atoms with Crippen LogP contribution in [-0.4, -0.2) is 35.8 Å². The number of rotatable bonds is 11. The molecule has 0 aliphatic carbocycles. The maximum atomic E-state index is 14.0. The van der Waals surface area contributed by atoms with Crippen LogP contribution in [0.4, 0.5) is 5.69 Å². The second kappa shape index (κ2) is 14.7. The highest BCUT2D eigenvalue weighted by Gasteiger charge is 2.31. The summed E-state index contributed by atoms with van der Waals surface area (Å²) >= 11 is 16.5. The van der Waals surface area contributed by atoms with Crippen molar-refractivity contribution in [2.75, 3.05) is 20.3 Å². The largest absolute Gasteiger partial charge is 0.490 e. The van der Waals surface area contributed by atoms with Crippen molar-refractivity contribution in [2.24, 2.45) is 4.99 Å². The number of benzene rings is 3. The topological polar surface area (TPSA) is 131 Å². The molecule has 47 heavy (non-hydrogen) atoms. The van der Waals surface area contributed by atoms with E-state index < -0.39 is 22.5 Å². The van der Waals surface area contributed by atoms with Crippen LogP contribution in [0.1, 0.15) is 36.6 Å². The van der Waals surface area contributed by atoms with Gasteiger partial charge < -0.3 is 18.9 Å². The van der Waals surface area contributed by atoms with Gasteiger partial charge in [-0.05, 0) is 82.9 Å². The van der Waals surface area contributed by atoms with Crippen LogP contribution in [-0.2, 0) is 16.1 Å². The molecule has 4 aromatic rings. The monoisotopic (exact) mass is 761 g/mol. The molecule has 2 heterocycles. The number of nitrogens with zero attached hydrogens (tertiary/aromatic N) is 3. The van der Waals surface area contributed by atoms with Gasteiger partial charge in [-0.2, -0.15) is 0 Å². The predicted molar refractivity (Wildman–Crippen MR) is 182 cm³/mol. The number of nitro groups is 1. The first-order valence-corrected chi connectivity index (χ1v) is 16.5. The quantitative estimate of drug-likeness (QED) is 0.0979. The molecule has 0 saturated carbocycles. The minimum atomic E-state index is -0.894. The smallest absolute Gasteiger partial charge is 0.337 e. The Bertz CT molecular complexity index is 2100. The minimum Gasteiger partial charge on any atom is -0.490 e. The van der Waals surface area contributed by atoms with Gasteiger partial charge in [-0.25, -0.2) is 9.79 Å². The van der Waals surface area contributed by atoms with Gasteiger partial charge in [0.05, 0.1) is 55.9 Å². The van der Waals surface area contributed by atoms with E-state index >= 15 is 0 Å². The van der Waals surface area contributed by atoms with E-state index in [2.05, 4.69) is 20.9 Å². The Morgan fingerprint density at radius 3 is 2.49 bits per heavy atom. The molecule has 0 bridgehead atoms. The molecule has 11 nitrogen and oxygen atoms in total. The van der Waals surface area contributed by atoms with E-state index in [0.717, 1.165) is 11.3 Å². The van der Waals surface area contributed by atoms with Crippen molar-refractivity contribution in [3.63, 3.8) is 0 Å². The number of hydrogen-bond donors (Lipinski definition) is 0. The molecule has 0 fully saturated rings. The molecule has 1 atom stereocenters. The van der Waals surface area contributed by atoms with E-state index in [0.29, 0.717) is 60.7 Å². The number of fused-ring (bicyclic) bond motifs is 1. The summed E-state index contributed by atoms with van der Waals surface area (Å²) in [5.41, 5.74) is 0.950. The Balaban J connectivity index is 1.58. The number of nitro benzene ring substituents is 1. The highest BCUT2D eigenvalue weighted by Crippen LogP contribution is 2.38. The van der Waals surface area contributed by atoms with Crippen LogP contribution in [0.2, 0.25) is 10.0 Å². The van der Waals surface area contributed by atoms with Gasteiger partial charge in [0.25, 0.3) is 5.56 Å². The molecular weight excluding hydrogens is 737 g/mol. The van der Waals surface area contributed by atoms with Crippen LogP contribution in [0, 0.1) is 10.1 Å². The molecule has 0 saturated heterocycles. The van der Waals surface area contributed by atoms with Crippen molar-refractivity contribution in [1.29, 1.82) is 0 Å². The van der Waals surface area contributed by atoms with Crippen molar-refractivity contribution < 1.29 is 28.7 Å². The first kappa shape index (κ1) is 34.2. The SMILES string of the molecule is CCOc1ccc([C@@H]2C(C(=O)OC)=CN=c3s/c(=C/c4cc(Br)c(OCc5ccc(Cl)c(Cl)c5)c([N+](=O)[O-])c4)c(=O)n32)cc1OCC. The fourth-order valence-corrected chi connectivity index (χ4v) is 6.76. The predicted octanol–water partition coefficient (Wildman–Crippen LogP) is 6.37. The van der Waals surface area contributed by atoms with Gasteiger partial charge in [-0.15, -0.1) is 0 Å². The zero-order valence-electron chi connectivity index (χ0n) is 25.1. The zero-order chi connectivity index (χ0) is 33.8. The van der Waals surface area contributed by atoms with Gasteiger partial charge in [0.2, 0.25) is 5.75 Å². The van der Waals surface area contributed by atoms with Gasteiger partial charge >= 0.3 is 11.7 Å². The molecule has 244 valence electrons. The molecule has 1 aliphatic rings. The van der Waals surface area contributed by atoms with E-state index in [4.69, 9.17) is 42.1 Å². The van der Waals surface area contributed by atoms with Gasteiger partial charge in [-0.3, -0.25) is 19.5 Å². The van der Waals surface area contributed by atoms with Crippen LogP contribution < -0.4 is 29.1 Å². The van der Waals surface area contributed by atoms with Crippen LogP contribution >= 0.6 is 50.5 Å². The van der Waals surface area contributed by atoms with Crippen LogP contribution in [0.3, 0.4) is 0 Å². The molecule has 3 aromatic carbocycles. The van der Waals surface area contributed by atoms with Gasteiger partial charge in [-0.1, -0.05) is 46.7 Å². The maximum Gasteiger partial charge on any atom is 0.337 e. The number of esters is 1. The number of aromatic nitrogens is 1. The summed E-state index contributed by atoms with van der Waals surface area (Å²) in [4.78, 5) is 43.1. The number of thiazole rings is 1. The Kier molecular flexibility index (Phi) is 10.7. The number of halogens is 3. The highest BCUT2D eigenvalue weighted by molar-refractivity contribution is 9.10. The second-order valence-corrected chi connectivity index (χ2v) is 12.6. The highest BCUT2D eigenvalue weighted by atomic mass is 79.9. The number of carbonyl (C=O) groups excluding carboxylic acids is 1. The van der Waals surface area contributed by atoms with Crippen molar-refractivity contribution in [1.82, 2.24) is 4.57 Å². The number of hydrogen-bond acceptors (Lipinski definition) is 10. The fraction of sp³-hybridized carbons (Fsp3) is 0.219. The van der Waals surface area contributed by atoms with Crippen LogP contribution in [0.15, 0.2) is 74.6 Å². The molecule has 5 rings (SSSR count). The lowest BCUT2D eigenvalue weighted by Gasteiger charge is -2.23. The number of ether oxygens (including phenoxy) is 4. The normalized spacial score (nSPS) is 14.1. The first-order chi connectivity index (χ1) is 22.6. The van der Waals surface area contributed by atoms with Gasteiger partial charge in [0.15, 0.2) is 16.3 Å². The van der Waals surface area contributed by atoms with Gasteiger partial charge in [0, 0.05) is 12.3 Å². The molecule has 15 heteroatoms. The third kappa shape index (κ3) is 7.23. The van der Waals surface area contributed by atoms with Crippen molar-refractivity contribution >= 4 is 68.2 Å². The van der Waals surface area contributed by atoms with E-state index in [9.17, 15) is 19.7 Å². The number of carbonyl (C=O) groups is 1. The summed E-state index contributed by atoms with van der Waals surface area (Å²) in [6.07, 6.45) is 2.90. The van der Waals surface area contributed by atoms with Crippen molar-refractivity contribution in [2.45, 2.75) is 26.5 Å². The molecule has 0 amide bonds. The summed E-state index contributed by atoms with van der Waals surface area (Å²) in [6, 6.07) is 12.1. The van der Waals surface area contributed by atoms with Crippen LogP contribution in [0.5, 0.6) is 17.2 Å². The lowest BCUT2D eigenvalue weighted by molar-refractivity contribution is -0.386. The lowest BCUT2D eigenvalue weighted by atomic mass is 9.97. The Morgan fingerprint density at radius 2 is 1.81 bits per heavy atom. The van der Waals surface area contributed by atoms with E-state index in [1.165, 1.54) is 30.0 Å². The van der Waals surface area contributed by atoms with E-state index in [1.54, 1.807) is 42.5 Å². The molecule has 0 radical (unpaired) electrons. The van der Waals surface area contributed by atoms with Crippen molar-refractivity contribution in [3.05, 3.63) is 121 Å². The molecule has 1 aliphatic heterocycles. The maximum absolute atomic E-state index is 14.0. The average Bonchev–Trinajstić information content (AvgIpc) is 3.36. The summed E-state index contributed by atoms with van der Waals surface area (Å²) in [7, 11) is 1.25. The standard InChI is InChI=1S/C32H26BrCl2N3O8S/c1-4-44-25-9-7-19(14-26(25)45-5-2)28-20(31(40)43-3)15-36-32-37(28)30(39)27(47-32)13-18-10-21(33)29(24(12-18)38(41)42)46-16-17-6-8-22(34)23(35)11-17/h6-15,28H,4-5,16H2,1-3H3/b27-13+/t28-/m1/s1. The Hall–Kier alpha value is -4.17. The van der Waals surface area contributed by atoms with Crippen LogP contribution in [0.25, 0.3) is 6.08 Å². The minimum absolute atomic E-state index is 0.00278. The Labute approximate surface area is 290 Å². The molecule has 0 unspecified atom stereocenters. The molecular formula is C32H26BrCl2N3O8S. The zero-order valence-corrected chi connectivity index (χ0v) is 29.0.